The van der Waals surface area contributed by atoms with Crippen molar-refractivity contribution < 1.29 is 9.18 Å². The van der Waals surface area contributed by atoms with Crippen molar-refractivity contribution in [2.75, 3.05) is 5.32 Å². The highest BCUT2D eigenvalue weighted by atomic mass is 19.1. The van der Waals surface area contributed by atoms with Crippen LogP contribution in [-0.2, 0) is 4.79 Å². The van der Waals surface area contributed by atoms with Gasteiger partial charge < -0.3 is 5.32 Å². The summed E-state index contributed by atoms with van der Waals surface area (Å²) in [5, 5.41) is 6.60. The Kier molecular flexibility index (Phi) is 2.91. The summed E-state index contributed by atoms with van der Waals surface area (Å²) in [4.78, 5) is 10.2. The molecule has 88 valence electrons. The van der Waals surface area contributed by atoms with E-state index in [2.05, 4.69) is 10.4 Å². The molecule has 0 radical (unpaired) electrons. The number of aromatic nitrogens is 2. The molecule has 1 heterocycles. The molecule has 2 aromatic rings. The zero-order valence-corrected chi connectivity index (χ0v) is 9.57. The monoisotopic (exact) mass is 233 g/mol. The number of halogens is 1. The van der Waals surface area contributed by atoms with E-state index in [1.807, 2.05) is 19.9 Å². The number of amides is 1. The van der Waals surface area contributed by atoms with Gasteiger partial charge in [-0.15, -0.1) is 0 Å². The lowest BCUT2D eigenvalue weighted by Gasteiger charge is -2.07. The fourth-order valence-corrected chi connectivity index (χ4v) is 1.71. The standard InChI is InChI=1S/C12H12FN3O/c1-8-5-9(2)16(15-8)12-4-3-10(14-7-17)6-11(12)13/h3-7H,1-2H3,(H,14,17). The highest BCUT2D eigenvalue weighted by Gasteiger charge is 2.09. The number of aryl methyl sites for hydroxylation is 2. The Hall–Kier alpha value is -2.17. The van der Waals surface area contributed by atoms with Gasteiger partial charge in [0.15, 0.2) is 5.82 Å². The van der Waals surface area contributed by atoms with Gasteiger partial charge in [-0.1, -0.05) is 0 Å². The summed E-state index contributed by atoms with van der Waals surface area (Å²) in [6.07, 6.45) is 0.512. The molecule has 4 nitrogen and oxygen atoms in total. The molecule has 0 aliphatic heterocycles. The van der Waals surface area contributed by atoms with Gasteiger partial charge in [0, 0.05) is 11.4 Å². The quantitative estimate of drug-likeness (QED) is 0.826. The maximum Gasteiger partial charge on any atom is 0.211 e. The van der Waals surface area contributed by atoms with Crippen molar-refractivity contribution in [3.8, 4) is 5.69 Å². The molecule has 1 aromatic carbocycles. The largest absolute Gasteiger partial charge is 0.329 e. The maximum atomic E-state index is 13.8. The van der Waals surface area contributed by atoms with Gasteiger partial charge in [0.05, 0.1) is 5.69 Å². The lowest BCUT2D eigenvalue weighted by molar-refractivity contribution is -0.105. The normalized spacial score (nSPS) is 10.3. The Labute approximate surface area is 98.1 Å². The van der Waals surface area contributed by atoms with Crippen LogP contribution in [0.5, 0.6) is 0 Å². The molecule has 0 spiro atoms. The predicted octanol–water partition coefficient (Wildman–Crippen LogP) is 2.20. The summed E-state index contributed by atoms with van der Waals surface area (Å²) in [7, 11) is 0. The first-order chi connectivity index (χ1) is 8.11. The Balaban J connectivity index is 2.46. The predicted molar refractivity (Wildman–Crippen MR) is 62.7 cm³/mol. The second-order valence-electron chi connectivity index (χ2n) is 3.77. The molecule has 0 fully saturated rings. The molecular formula is C12H12FN3O. The zero-order valence-electron chi connectivity index (χ0n) is 9.57. The van der Waals surface area contributed by atoms with E-state index in [9.17, 15) is 9.18 Å². The first-order valence-corrected chi connectivity index (χ1v) is 5.15. The second-order valence-corrected chi connectivity index (χ2v) is 3.77. The summed E-state index contributed by atoms with van der Waals surface area (Å²) in [5.41, 5.74) is 2.48. The number of hydrogen-bond acceptors (Lipinski definition) is 2. The maximum absolute atomic E-state index is 13.8. The minimum atomic E-state index is -0.428. The van der Waals surface area contributed by atoms with Crippen molar-refractivity contribution in [3.63, 3.8) is 0 Å². The van der Waals surface area contributed by atoms with Crippen molar-refractivity contribution in [2.45, 2.75) is 13.8 Å². The van der Waals surface area contributed by atoms with Crippen LogP contribution in [0, 0.1) is 19.7 Å². The van der Waals surface area contributed by atoms with E-state index in [0.29, 0.717) is 17.8 Å². The lowest BCUT2D eigenvalue weighted by Crippen LogP contribution is -2.03. The SMILES string of the molecule is Cc1cc(C)n(-c2ccc(NC=O)cc2F)n1. The summed E-state index contributed by atoms with van der Waals surface area (Å²) in [6.45, 7) is 3.71. The smallest absolute Gasteiger partial charge is 0.211 e. The topological polar surface area (TPSA) is 46.9 Å². The van der Waals surface area contributed by atoms with Crippen LogP contribution in [0.4, 0.5) is 10.1 Å². The van der Waals surface area contributed by atoms with Gasteiger partial charge in [0.2, 0.25) is 6.41 Å². The summed E-state index contributed by atoms with van der Waals surface area (Å²) in [5.74, 6) is -0.428. The average Bonchev–Trinajstić information content (AvgIpc) is 2.58. The van der Waals surface area contributed by atoms with Crippen LogP contribution in [-0.4, -0.2) is 16.2 Å². The molecular weight excluding hydrogens is 221 g/mol. The van der Waals surface area contributed by atoms with Crippen LogP contribution in [0.25, 0.3) is 5.69 Å². The van der Waals surface area contributed by atoms with Gasteiger partial charge in [-0.2, -0.15) is 5.10 Å². The molecule has 0 atom stereocenters. The van der Waals surface area contributed by atoms with Crippen molar-refractivity contribution in [1.82, 2.24) is 9.78 Å². The third-order valence-corrected chi connectivity index (χ3v) is 2.41. The molecule has 1 aromatic heterocycles. The molecule has 0 aliphatic carbocycles. The zero-order chi connectivity index (χ0) is 12.4. The van der Waals surface area contributed by atoms with Gasteiger partial charge in [-0.05, 0) is 38.1 Å². The number of rotatable bonds is 3. The van der Waals surface area contributed by atoms with Gasteiger partial charge in [-0.25, -0.2) is 9.07 Å². The first-order valence-electron chi connectivity index (χ1n) is 5.15. The summed E-state index contributed by atoms with van der Waals surface area (Å²) < 4.78 is 15.4. The molecule has 17 heavy (non-hydrogen) atoms. The van der Waals surface area contributed by atoms with Gasteiger partial charge >= 0.3 is 0 Å². The molecule has 1 amide bonds. The van der Waals surface area contributed by atoms with Crippen molar-refractivity contribution in [1.29, 1.82) is 0 Å². The van der Waals surface area contributed by atoms with Crippen LogP contribution < -0.4 is 5.32 Å². The van der Waals surface area contributed by atoms with Crippen molar-refractivity contribution >= 4 is 12.1 Å². The number of hydrogen-bond donors (Lipinski definition) is 1. The molecule has 1 N–H and O–H groups in total. The minimum Gasteiger partial charge on any atom is -0.329 e. The Morgan fingerprint density at radius 1 is 1.35 bits per heavy atom. The van der Waals surface area contributed by atoms with Crippen molar-refractivity contribution in [3.05, 3.63) is 41.5 Å². The van der Waals surface area contributed by atoms with E-state index >= 15 is 0 Å². The van der Waals surface area contributed by atoms with E-state index in [-0.39, 0.29) is 0 Å². The van der Waals surface area contributed by atoms with E-state index < -0.39 is 5.82 Å². The Morgan fingerprint density at radius 2 is 2.12 bits per heavy atom. The molecule has 0 saturated carbocycles. The van der Waals surface area contributed by atoms with E-state index in [1.165, 1.54) is 10.7 Å². The Bertz CT molecular complexity index is 563. The average molecular weight is 233 g/mol. The summed E-state index contributed by atoms with van der Waals surface area (Å²) in [6, 6.07) is 6.35. The van der Waals surface area contributed by atoms with Gasteiger partial charge in [0.1, 0.15) is 5.69 Å². The number of benzene rings is 1. The highest BCUT2D eigenvalue weighted by molar-refractivity contribution is 5.71. The van der Waals surface area contributed by atoms with Crippen LogP contribution >= 0.6 is 0 Å². The second kappa shape index (κ2) is 4.37. The summed E-state index contributed by atoms with van der Waals surface area (Å²) >= 11 is 0. The first kappa shape index (κ1) is 11.3. The number of nitrogens with one attached hydrogen (secondary N) is 1. The molecule has 0 saturated heterocycles. The third kappa shape index (κ3) is 2.18. The Morgan fingerprint density at radius 3 is 2.65 bits per heavy atom. The van der Waals surface area contributed by atoms with Crippen LogP contribution in [0.2, 0.25) is 0 Å². The molecule has 0 unspecified atom stereocenters. The van der Waals surface area contributed by atoms with Crippen LogP contribution in [0.1, 0.15) is 11.4 Å². The molecule has 0 bridgehead atoms. The number of carbonyl (C=O) groups excluding carboxylic acids is 1. The van der Waals surface area contributed by atoms with E-state index in [0.717, 1.165) is 11.4 Å². The fourth-order valence-electron chi connectivity index (χ4n) is 1.71. The van der Waals surface area contributed by atoms with E-state index in [4.69, 9.17) is 0 Å². The van der Waals surface area contributed by atoms with Crippen LogP contribution in [0.3, 0.4) is 0 Å². The van der Waals surface area contributed by atoms with Crippen LogP contribution in [0.15, 0.2) is 24.3 Å². The number of anilines is 1. The number of carbonyl (C=O) groups is 1. The fraction of sp³-hybridized carbons (Fsp3) is 0.167. The minimum absolute atomic E-state index is 0.368. The lowest BCUT2D eigenvalue weighted by atomic mass is 10.2. The van der Waals surface area contributed by atoms with E-state index in [1.54, 1.807) is 12.1 Å². The molecule has 2 rings (SSSR count). The highest BCUT2D eigenvalue weighted by Crippen LogP contribution is 2.19. The molecule has 5 heteroatoms. The van der Waals surface area contributed by atoms with Gasteiger partial charge in [0.25, 0.3) is 0 Å². The van der Waals surface area contributed by atoms with Gasteiger partial charge in [-0.3, -0.25) is 4.79 Å². The number of nitrogens with zero attached hydrogens (tertiary/aromatic N) is 2. The van der Waals surface area contributed by atoms with Crippen molar-refractivity contribution in [2.24, 2.45) is 0 Å². The molecule has 0 aliphatic rings. The third-order valence-electron chi connectivity index (χ3n) is 2.41.